The lowest BCUT2D eigenvalue weighted by Gasteiger charge is -2.05. The molecule has 0 saturated heterocycles. The molecule has 88 valence electrons. The molecule has 1 heterocycles. The van der Waals surface area contributed by atoms with Gasteiger partial charge in [0.1, 0.15) is 11.5 Å². The molecule has 0 aliphatic carbocycles. The molecule has 0 bridgehead atoms. The van der Waals surface area contributed by atoms with Crippen LogP contribution in [0.25, 0.3) is 0 Å². The first-order valence-electron chi connectivity index (χ1n) is 4.86. The SMILES string of the molecule is COc1cccc(OC(=O)c2[nH]cnc2N)c1. The van der Waals surface area contributed by atoms with Gasteiger partial charge in [-0.3, -0.25) is 0 Å². The van der Waals surface area contributed by atoms with Crippen LogP contribution < -0.4 is 15.2 Å². The Hall–Kier alpha value is -2.50. The average molecular weight is 233 g/mol. The summed E-state index contributed by atoms with van der Waals surface area (Å²) in [5.41, 5.74) is 5.62. The van der Waals surface area contributed by atoms with Crippen LogP contribution in [-0.2, 0) is 0 Å². The number of rotatable bonds is 3. The van der Waals surface area contributed by atoms with Gasteiger partial charge in [0.2, 0.25) is 0 Å². The van der Waals surface area contributed by atoms with E-state index in [0.717, 1.165) is 0 Å². The van der Waals surface area contributed by atoms with Gasteiger partial charge in [0, 0.05) is 6.07 Å². The van der Waals surface area contributed by atoms with Gasteiger partial charge in [0.15, 0.2) is 11.5 Å². The third kappa shape index (κ3) is 2.36. The second-order valence-corrected chi connectivity index (χ2v) is 3.23. The molecular weight excluding hydrogens is 222 g/mol. The topological polar surface area (TPSA) is 90.2 Å². The quantitative estimate of drug-likeness (QED) is 0.614. The number of hydrogen-bond acceptors (Lipinski definition) is 5. The molecule has 2 rings (SSSR count). The summed E-state index contributed by atoms with van der Waals surface area (Å²) in [4.78, 5) is 18.0. The van der Waals surface area contributed by atoms with E-state index in [2.05, 4.69) is 9.97 Å². The van der Waals surface area contributed by atoms with Crippen molar-refractivity contribution in [2.24, 2.45) is 0 Å². The maximum Gasteiger partial charge on any atom is 0.364 e. The summed E-state index contributed by atoms with van der Waals surface area (Å²) >= 11 is 0. The molecule has 3 N–H and O–H groups in total. The van der Waals surface area contributed by atoms with E-state index in [0.29, 0.717) is 11.5 Å². The van der Waals surface area contributed by atoms with E-state index in [9.17, 15) is 4.79 Å². The molecule has 17 heavy (non-hydrogen) atoms. The zero-order valence-electron chi connectivity index (χ0n) is 9.14. The number of ether oxygens (including phenoxy) is 2. The number of carbonyl (C=O) groups excluding carboxylic acids is 1. The monoisotopic (exact) mass is 233 g/mol. The number of nitrogen functional groups attached to an aromatic ring is 1. The Labute approximate surface area is 97.4 Å². The van der Waals surface area contributed by atoms with Crippen LogP contribution in [0.15, 0.2) is 30.6 Å². The van der Waals surface area contributed by atoms with E-state index >= 15 is 0 Å². The van der Waals surface area contributed by atoms with E-state index in [1.54, 1.807) is 24.3 Å². The van der Waals surface area contributed by atoms with Crippen LogP contribution in [-0.4, -0.2) is 23.0 Å². The molecule has 0 fully saturated rings. The summed E-state index contributed by atoms with van der Waals surface area (Å²) in [6.45, 7) is 0. The molecule has 0 spiro atoms. The third-order valence-corrected chi connectivity index (χ3v) is 2.12. The van der Waals surface area contributed by atoms with Gasteiger partial charge in [0.05, 0.1) is 13.4 Å². The molecule has 0 amide bonds. The van der Waals surface area contributed by atoms with Crippen molar-refractivity contribution < 1.29 is 14.3 Å². The smallest absolute Gasteiger partial charge is 0.364 e. The number of anilines is 1. The van der Waals surface area contributed by atoms with Crippen LogP contribution >= 0.6 is 0 Å². The highest BCUT2D eigenvalue weighted by atomic mass is 16.5. The molecule has 2 aromatic rings. The Bertz CT molecular complexity index is 536. The highest BCUT2D eigenvalue weighted by Crippen LogP contribution is 2.20. The molecule has 6 heteroatoms. The fourth-order valence-corrected chi connectivity index (χ4v) is 1.29. The molecule has 0 atom stereocenters. The standard InChI is InChI=1S/C11H11N3O3/c1-16-7-3-2-4-8(5-7)17-11(15)9-10(12)14-6-13-9/h2-6H,12H2,1H3,(H,13,14). The number of carbonyl (C=O) groups is 1. The number of nitrogens with two attached hydrogens (primary N) is 1. The van der Waals surface area contributed by atoms with E-state index in [1.165, 1.54) is 13.4 Å². The maximum absolute atomic E-state index is 11.7. The Kier molecular flexibility index (Phi) is 2.95. The number of imidazole rings is 1. The van der Waals surface area contributed by atoms with Gasteiger partial charge in [0.25, 0.3) is 0 Å². The number of benzene rings is 1. The van der Waals surface area contributed by atoms with Crippen molar-refractivity contribution in [1.82, 2.24) is 9.97 Å². The minimum Gasteiger partial charge on any atom is -0.497 e. The highest BCUT2D eigenvalue weighted by Gasteiger charge is 2.14. The van der Waals surface area contributed by atoms with Gasteiger partial charge < -0.3 is 20.2 Å². The molecule has 0 unspecified atom stereocenters. The number of hydrogen-bond donors (Lipinski definition) is 2. The predicted octanol–water partition coefficient (Wildman–Crippen LogP) is 1.22. The fraction of sp³-hybridized carbons (Fsp3) is 0.0909. The summed E-state index contributed by atoms with van der Waals surface area (Å²) in [5, 5.41) is 0. The fourth-order valence-electron chi connectivity index (χ4n) is 1.29. The summed E-state index contributed by atoms with van der Waals surface area (Å²) in [5.74, 6) is 0.502. The lowest BCUT2D eigenvalue weighted by Crippen LogP contribution is -2.11. The van der Waals surface area contributed by atoms with Gasteiger partial charge in [-0.25, -0.2) is 9.78 Å². The molecule has 1 aromatic heterocycles. The van der Waals surface area contributed by atoms with Crippen LogP contribution in [0, 0.1) is 0 Å². The van der Waals surface area contributed by atoms with Gasteiger partial charge in [-0.15, -0.1) is 0 Å². The second-order valence-electron chi connectivity index (χ2n) is 3.23. The normalized spacial score (nSPS) is 9.94. The van der Waals surface area contributed by atoms with E-state index in [-0.39, 0.29) is 11.5 Å². The lowest BCUT2D eigenvalue weighted by atomic mass is 10.3. The van der Waals surface area contributed by atoms with Gasteiger partial charge in [-0.1, -0.05) is 6.07 Å². The minimum atomic E-state index is -0.590. The molecular formula is C11H11N3O3. The van der Waals surface area contributed by atoms with Crippen molar-refractivity contribution >= 4 is 11.8 Å². The average Bonchev–Trinajstić information content (AvgIpc) is 2.76. The molecule has 0 saturated carbocycles. The number of methoxy groups -OCH3 is 1. The van der Waals surface area contributed by atoms with Crippen LogP contribution in [0.5, 0.6) is 11.5 Å². The number of nitrogens with one attached hydrogen (secondary N) is 1. The first kappa shape index (κ1) is 11.0. The van der Waals surface area contributed by atoms with Crippen molar-refractivity contribution in [1.29, 1.82) is 0 Å². The first-order valence-corrected chi connectivity index (χ1v) is 4.86. The van der Waals surface area contributed by atoms with Gasteiger partial charge >= 0.3 is 5.97 Å². The van der Waals surface area contributed by atoms with E-state index < -0.39 is 5.97 Å². The molecule has 0 aliphatic heterocycles. The molecule has 1 aromatic carbocycles. The van der Waals surface area contributed by atoms with Crippen molar-refractivity contribution in [3.05, 3.63) is 36.3 Å². The van der Waals surface area contributed by atoms with E-state index in [1.807, 2.05) is 0 Å². The summed E-state index contributed by atoms with van der Waals surface area (Å²) in [6.07, 6.45) is 1.33. The van der Waals surface area contributed by atoms with Crippen molar-refractivity contribution in [3.63, 3.8) is 0 Å². The Morgan fingerprint density at radius 1 is 1.41 bits per heavy atom. The van der Waals surface area contributed by atoms with Crippen molar-refractivity contribution in [2.75, 3.05) is 12.8 Å². The second kappa shape index (κ2) is 4.56. The summed E-state index contributed by atoms with van der Waals surface area (Å²) < 4.78 is 10.1. The van der Waals surface area contributed by atoms with Crippen LogP contribution in [0.2, 0.25) is 0 Å². The van der Waals surface area contributed by atoms with Crippen LogP contribution in [0.1, 0.15) is 10.5 Å². The number of H-pyrrole nitrogens is 1. The highest BCUT2D eigenvalue weighted by molar-refractivity contribution is 5.93. The number of aromatic amines is 1. The van der Waals surface area contributed by atoms with Gasteiger partial charge in [-0.2, -0.15) is 0 Å². The Morgan fingerprint density at radius 3 is 2.82 bits per heavy atom. The predicted molar refractivity (Wildman–Crippen MR) is 61.0 cm³/mol. The van der Waals surface area contributed by atoms with Crippen LogP contribution in [0.4, 0.5) is 5.82 Å². The summed E-state index contributed by atoms with van der Waals surface area (Å²) in [6, 6.07) is 6.72. The number of esters is 1. The Morgan fingerprint density at radius 2 is 2.18 bits per heavy atom. The molecule has 6 nitrogen and oxygen atoms in total. The van der Waals surface area contributed by atoms with Crippen molar-refractivity contribution in [3.8, 4) is 11.5 Å². The van der Waals surface area contributed by atoms with Crippen molar-refractivity contribution in [2.45, 2.75) is 0 Å². The zero-order chi connectivity index (χ0) is 12.3. The largest absolute Gasteiger partial charge is 0.497 e. The molecule has 0 radical (unpaired) electrons. The lowest BCUT2D eigenvalue weighted by molar-refractivity contribution is 0.0730. The maximum atomic E-state index is 11.7. The molecule has 0 aliphatic rings. The Balaban J connectivity index is 2.16. The van der Waals surface area contributed by atoms with E-state index in [4.69, 9.17) is 15.2 Å². The summed E-state index contributed by atoms with van der Waals surface area (Å²) in [7, 11) is 1.54. The van der Waals surface area contributed by atoms with Crippen LogP contribution in [0.3, 0.4) is 0 Å². The third-order valence-electron chi connectivity index (χ3n) is 2.12. The first-order chi connectivity index (χ1) is 8.20. The zero-order valence-corrected chi connectivity index (χ0v) is 9.14. The number of aromatic nitrogens is 2. The minimum absolute atomic E-state index is 0.109. The number of nitrogens with zero attached hydrogens (tertiary/aromatic N) is 1. The van der Waals surface area contributed by atoms with Gasteiger partial charge in [-0.05, 0) is 12.1 Å².